The molecule has 0 spiro atoms. The highest BCUT2D eigenvalue weighted by atomic mass is 32.2. The summed E-state index contributed by atoms with van der Waals surface area (Å²) in [5, 5.41) is 3.44. The van der Waals surface area contributed by atoms with Crippen LogP contribution in [0.3, 0.4) is 0 Å². The number of nitrogens with zero attached hydrogens (tertiary/aromatic N) is 1. The zero-order valence-electron chi connectivity index (χ0n) is 13.3. The number of sulfone groups is 1. The fourth-order valence-electron chi connectivity index (χ4n) is 2.62. The Kier molecular flexibility index (Phi) is 5.46. The van der Waals surface area contributed by atoms with Crippen molar-refractivity contribution in [3.05, 3.63) is 21.4 Å². The van der Waals surface area contributed by atoms with Crippen LogP contribution in [0.5, 0.6) is 0 Å². The summed E-state index contributed by atoms with van der Waals surface area (Å²) in [6.45, 7) is 10.9. The van der Waals surface area contributed by atoms with Crippen LogP contribution >= 0.6 is 11.3 Å². The third-order valence-electron chi connectivity index (χ3n) is 3.94. The minimum Gasteiger partial charge on any atom is -0.310 e. The summed E-state index contributed by atoms with van der Waals surface area (Å²) >= 11 is 1.84. The zero-order chi connectivity index (χ0) is 15.6. The van der Waals surface area contributed by atoms with Gasteiger partial charge in [-0.25, -0.2) is 8.42 Å². The van der Waals surface area contributed by atoms with Gasteiger partial charge >= 0.3 is 0 Å². The molecular weight excluding hydrogens is 304 g/mol. The van der Waals surface area contributed by atoms with Crippen molar-refractivity contribution in [2.24, 2.45) is 0 Å². The van der Waals surface area contributed by atoms with E-state index in [-0.39, 0.29) is 11.8 Å². The second-order valence-electron chi connectivity index (χ2n) is 6.26. The molecule has 1 aliphatic heterocycles. The summed E-state index contributed by atoms with van der Waals surface area (Å²) < 4.78 is 23.3. The molecular formula is C15H26N2O2S2. The van der Waals surface area contributed by atoms with E-state index >= 15 is 0 Å². The highest BCUT2D eigenvalue weighted by Crippen LogP contribution is 2.25. The van der Waals surface area contributed by atoms with Crippen molar-refractivity contribution >= 4 is 21.2 Å². The molecule has 1 aromatic heterocycles. The van der Waals surface area contributed by atoms with Gasteiger partial charge in [-0.1, -0.05) is 13.8 Å². The molecule has 0 amide bonds. The Bertz CT molecular complexity index is 578. The zero-order valence-corrected chi connectivity index (χ0v) is 15.0. The molecule has 2 rings (SSSR count). The van der Waals surface area contributed by atoms with E-state index in [4.69, 9.17) is 0 Å². The Balaban J connectivity index is 2.00. The Morgan fingerprint density at radius 2 is 2.19 bits per heavy atom. The predicted octanol–water partition coefficient (Wildman–Crippen LogP) is 2.17. The molecule has 0 aromatic carbocycles. The SMILES string of the molecule is Cc1sc(CNC(C)C)cc1CN1CCS(=O)(=O)CC1C. The molecule has 2 heterocycles. The van der Waals surface area contributed by atoms with Gasteiger partial charge in [0.2, 0.25) is 0 Å². The van der Waals surface area contributed by atoms with E-state index in [9.17, 15) is 8.42 Å². The van der Waals surface area contributed by atoms with Crippen LogP contribution in [-0.2, 0) is 22.9 Å². The summed E-state index contributed by atoms with van der Waals surface area (Å²) in [4.78, 5) is 4.99. The number of hydrogen-bond acceptors (Lipinski definition) is 5. The first-order valence-electron chi connectivity index (χ1n) is 7.53. The first-order chi connectivity index (χ1) is 9.77. The van der Waals surface area contributed by atoms with Gasteiger partial charge in [0.1, 0.15) is 0 Å². The molecule has 4 nitrogen and oxygen atoms in total. The lowest BCUT2D eigenvalue weighted by molar-refractivity contribution is 0.218. The normalized spacial score (nSPS) is 22.8. The highest BCUT2D eigenvalue weighted by molar-refractivity contribution is 7.91. The maximum absolute atomic E-state index is 11.6. The summed E-state index contributed by atoms with van der Waals surface area (Å²) in [5.74, 6) is 0.584. The molecule has 1 saturated heterocycles. The van der Waals surface area contributed by atoms with Gasteiger partial charge in [-0.2, -0.15) is 0 Å². The first-order valence-corrected chi connectivity index (χ1v) is 10.2. The Morgan fingerprint density at radius 1 is 1.48 bits per heavy atom. The molecule has 6 heteroatoms. The lowest BCUT2D eigenvalue weighted by Gasteiger charge is -2.33. The van der Waals surface area contributed by atoms with E-state index in [1.54, 1.807) is 0 Å². The van der Waals surface area contributed by atoms with Crippen molar-refractivity contribution in [3.63, 3.8) is 0 Å². The number of rotatable bonds is 5. The van der Waals surface area contributed by atoms with Crippen LogP contribution in [-0.4, -0.2) is 43.5 Å². The second kappa shape index (κ2) is 6.77. The predicted molar refractivity (Wildman–Crippen MR) is 89.6 cm³/mol. The summed E-state index contributed by atoms with van der Waals surface area (Å²) in [5.41, 5.74) is 1.34. The second-order valence-corrected chi connectivity index (χ2v) is 9.83. The standard InChI is InChI=1S/C15H26N2O2S2/c1-11(2)16-8-15-7-14(13(4)20-15)9-17-5-6-21(18,19)10-12(17)3/h7,11-12,16H,5-6,8-10H2,1-4H3. The van der Waals surface area contributed by atoms with Crippen LogP contribution in [0.25, 0.3) is 0 Å². The van der Waals surface area contributed by atoms with Crippen LogP contribution in [0, 0.1) is 6.92 Å². The van der Waals surface area contributed by atoms with Gasteiger partial charge in [0.15, 0.2) is 9.84 Å². The van der Waals surface area contributed by atoms with E-state index < -0.39 is 9.84 Å². The van der Waals surface area contributed by atoms with Crippen LogP contribution in [0.15, 0.2) is 6.07 Å². The van der Waals surface area contributed by atoms with Crippen LogP contribution in [0.2, 0.25) is 0 Å². The van der Waals surface area contributed by atoms with Gasteiger partial charge in [0.25, 0.3) is 0 Å². The van der Waals surface area contributed by atoms with Crippen molar-refractivity contribution in [2.75, 3.05) is 18.1 Å². The average Bonchev–Trinajstić information content (AvgIpc) is 2.70. The van der Waals surface area contributed by atoms with Crippen molar-refractivity contribution in [2.45, 2.75) is 52.9 Å². The van der Waals surface area contributed by atoms with E-state index in [0.717, 1.165) is 13.1 Å². The number of thiophene rings is 1. The molecule has 1 unspecified atom stereocenters. The average molecular weight is 331 g/mol. The van der Waals surface area contributed by atoms with Crippen molar-refractivity contribution in [3.8, 4) is 0 Å². The summed E-state index contributed by atoms with van der Waals surface area (Å²) in [6.07, 6.45) is 0. The lowest BCUT2D eigenvalue weighted by atomic mass is 10.2. The fraction of sp³-hybridized carbons (Fsp3) is 0.733. The van der Waals surface area contributed by atoms with Crippen LogP contribution in [0.1, 0.15) is 36.1 Å². The monoisotopic (exact) mass is 330 g/mol. The third kappa shape index (κ3) is 4.77. The van der Waals surface area contributed by atoms with Gasteiger partial charge in [0, 0.05) is 41.5 Å². The Morgan fingerprint density at radius 3 is 2.81 bits per heavy atom. The van der Waals surface area contributed by atoms with E-state index in [2.05, 4.69) is 37.1 Å². The molecule has 0 saturated carbocycles. The minimum atomic E-state index is -2.83. The van der Waals surface area contributed by atoms with Crippen molar-refractivity contribution in [1.29, 1.82) is 0 Å². The van der Waals surface area contributed by atoms with E-state index in [1.165, 1.54) is 15.3 Å². The maximum Gasteiger partial charge on any atom is 0.153 e. The largest absolute Gasteiger partial charge is 0.310 e. The molecule has 0 radical (unpaired) electrons. The molecule has 1 aromatic rings. The molecule has 1 N–H and O–H groups in total. The van der Waals surface area contributed by atoms with Crippen LogP contribution in [0.4, 0.5) is 0 Å². The molecule has 0 bridgehead atoms. The molecule has 1 aliphatic rings. The number of aryl methyl sites for hydroxylation is 1. The lowest BCUT2D eigenvalue weighted by Crippen LogP contribution is -2.46. The van der Waals surface area contributed by atoms with Gasteiger partial charge in [-0.05, 0) is 25.5 Å². The number of hydrogen-bond donors (Lipinski definition) is 1. The topological polar surface area (TPSA) is 49.4 Å². The Labute approximate surface area is 132 Å². The fourth-order valence-corrected chi connectivity index (χ4v) is 5.25. The smallest absolute Gasteiger partial charge is 0.153 e. The molecule has 120 valence electrons. The van der Waals surface area contributed by atoms with Crippen molar-refractivity contribution < 1.29 is 8.42 Å². The molecule has 1 fully saturated rings. The van der Waals surface area contributed by atoms with E-state index in [1.807, 2.05) is 18.3 Å². The molecule has 0 aliphatic carbocycles. The minimum absolute atomic E-state index is 0.111. The third-order valence-corrected chi connectivity index (χ3v) is 6.83. The number of nitrogens with one attached hydrogen (secondary N) is 1. The highest BCUT2D eigenvalue weighted by Gasteiger charge is 2.28. The van der Waals surface area contributed by atoms with Crippen LogP contribution < -0.4 is 5.32 Å². The van der Waals surface area contributed by atoms with Gasteiger partial charge in [-0.3, -0.25) is 4.90 Å². The van der Waals surface area contributed by atoms with Crippen molar-refractivity contribution in [1.82, 2.24) is 10.2 Å². The molecule has 1 atom stereocenters. The van der Waals surface area contributed by atoms with Gasteiger partial charge in [-0.15, -0.1) is 11.3 Å². The van der Waals surface area contributed by atoms with E-state index in [0.29, 0.717) is 18.3 Å². The quantitative estimate of drug-likeness (QED) is 0.899. The molecule has 21 heavy (non-hydrogen) atoms. The first kappa shape index (κ1) is 16.9. The maximum atomic E-state index is 11.6. The van der Waals surface area contributed by atoms with Gasteiger partial charge < -0.3 is 5.32 Å². The Hall–Kier alpha value is -0.430. The summed E-state index contributed by atoms with van der Waals surface area (Å²) in [7, 11) is -2.83. The van der Waals surface area contributed by atoms with Gasteiger partial charge in [0.05, 0.1) is 11.5 Å². The summed E-state index contributed by atoms with van der Waals surface area (Å²) in [6, 6.07) is 2.87.